The molecule has 0 amide bonds. The fourth-order valence-corrected chi connectivity index (χ4v) is 4.55. The topological polar surface area (TPSA) is 89.5 Å². The van der Waals surface area contributed by atoms with Gasteiger partial charge in [0.2, 0.25) is 0 Å². The minimum absolute atomic E-state index is 0.340. The molecule has 0 aliphatic carbocycles. The SMILES string of the molecule is C=CSCCOCCCOc1ccc(C(=O)Oc2ccc(OC(=O)c3ccc(OCCCOCCSC=C)cc3)c(C)c2)cc1. The lowest BCUT2D eigenvalue weighted by Gasteiger charge is -2.11. The third-order valence-electron chi connectivity index (χ3n) is 6.07. The van der Waals surface area contributed by atoms with Gasteiger partial charge in [0, 0.05) is 37.6 Å². The van der Waals surface area contributed by atoms with Crippen molar-refractivity contribution in [3.05, 3.63) is 107 Å². The predicted octanol–water partition coefficient (Wildman–Crippen LogP) is 7.76. The van der Waals surface area contributed by atoms with E-state index in [1.54, 1.807) is 108 Å². The standard InChI is InChI=1S/C35H40O8S2/c1-4-44-24-22-38-18-6-20-40-30-12-8-28(9-13-30)34(36)42-32-16-17-33(27(3)26-32)43-35(37)29-10-14-31(15-11-29)41-21-7-19-39-23-25-45-5-2/h4-5,8-17,26H,1-2,6-7,18-25H2,3H3. The van der Waals surface area contributed by atoms with Crippen LogP contribution in [-0.2, 0) is 9.47 Å². The van der Waals surface area contributed by atoms with Gasteiger partial charge < -0.3 is 28.4 Å². The quantitative estimate of drug-likeness (QED) is 0.0610. The number of carbonyl (C=O) groups is 2. The zero-order valence-corrected chi connectivity index (χ0v) is 27.2. The van der Waals surface area contributed by atoms with Gasteiger partial charge in [-0.25, -0.2) is 9.59 Å². The molecule has 45 heavy (non-hydrogen) atoms. The normalized spacial score (nSPS) is 10.6. The van der Waals surface area contributed by atoms with Gasteiger partial charge in [0.25, 0.3) is 0 Å². The second kappa shape index (κ2) is 21.1. The Bertz CT molecular complexity index is 1340. The number of carbonyl (C=O) groups excluding carboxylic acids is 2. The van der Waals surface area contributed by atoms with Crippen LogP contribution in [-0.4, -0.2) is 63.1 Å². The number of hydrogen-bond acceptors (Lipinski definition) is 10. The highest BCUT2D eigenvalue weighted by Crippen LogP contribution is 2.26. The molecule has 0 saturated carbocycles. The fourth-order valence-electron chi connectivity index (χ4n) is 3.79. The van der Waals surface area contributed by atoms with Gasteiger partial charge in [0.15, 0.2) is 0 Å². The molecule has 3 aromatic carbocycles. The fraction of sp³-hybridized carbons (Fsp3) is 0.314. The smallest absolute Gasteiger partial charge is 0.343 e. The van der Waals surface area contributed by atoms with Crippen molar-refractivity contribution in [3.8, 4) is 23.0 Å². The first-order valence-electron chi connectivity index (χ1n) is 14.6. The summed E-state index contributed by atoms with van der Waals surface area (Å²) in [5.41, 5.74) is 1.42. The van der Waals surface area contributed by atoms with Crippen molar-refractivity contribution >= 4 is 35.5 Å². The molecule has 0 fully saturated rings. The predicted molar refractivity (Wildman–Crippen MR) is 181 cm³/mol. The Hall–Kier alpha value is -3.70. The maximum atomic E-state index is 12.7. The van der Waals surface area contributed by atoms with Crippen molar-refractivity contribution in [1.82, 2.24) is 0 Å². The van der Waals surface area contributed by atoms with Crippen LogP contribution < -0.4 is 18.9 Å². The van der Waals surface area contributed by atoms with E-state index in [1.165, 1.54) is 0 Å². The summed E-state index contributed by atoms with van der Waals surface area (Å²) in [6.07, 6.45) is 1.53. The second-order valence-corrected chi connectivity index (χ2v) is 11.6. The van der Waals surface area contributed by atoms with E-state index >= 15 is 0 Å². The highest BCUT2D eigenvalue weighted by molar-refractivity contribution is 8.02. The van der Waals surface area contributed by atoms with Gasteiger partial charge in [-0.1, -0.05) is 13.2 Å². The van der Waals surface area contributed by atoms with Crippen molar-refractivity contribution in [3.63, 3.8) is 0 Å². The van der Waals surface area contributed by atoms with E-state index in [4.69, 9.17) is 28.4 Å². The van der Waals surface area contributed by atoms with Crippen LogP contribution in [0.4, 0.5) is 0 Å². The highest BCUT2D eigenvalue weighted by Gasteiger charge is 2.14. The molecule has 0 unspecified atom stereocenters. The van der Waals surface area contributed by atoms with E-state index in [9.17, 15) is 9.59 Å². The van der Waals surface area contributed by atoms with Crippen molar-refractivity contribution in [2.24, 2.45) is 0 Å². The largest absolute Gasteiger partial charge is 0.494 e. The van der Waals surface area contributed by atoms with Gasteiger partial charge in [-0.15, -0.1) is 23.5 Å². The zero-order valence-electron chi connectivity index (χ0n) is 25.6. The lowest BCUT2D eigenvalue weighted by Crippen LogP contribution is -2.11. The summed E-state index contributed by atoms with van der Waals surface area (Å²) in [5.74, 6) is 2.80. The number of ether oxygens (including phenoxy) is 6. The maximum absolute atomic E-state index is 12.7. The molecule has 8 nitrogen and oxygen atoms in total. The summed E-state index contributed by atoms with van der Waals surface area (Å²) < 4.78 is 33.6. The average molecular weight is 653 g/mol. The van der Waals surface area contributed by atoms with Gasteiger partial charge >= 0.3 is 11.9 Å². The van der Waals surface area contributed by atoms with Crippen LogP contribution >= 0.6 is 23.5 Å². The Labute approximate surface area is 274 Å². The molecule has 240 valence electrons. The molecular formula is C35H40O8S2. The van der Waals surface area contributed by atoms with Gasteiger partial charge in [-0.05, 0) is 90.0 Å². The Morgan fingerprint density at radius 1 is 0.622 bits per heavy atom. The van der Waals surface area contributed by atoms with Crippen molar-refractivity contribution < 1.29 is 38.0 Å². The van der Waals surface area contributed by atoms with Crippen LogP contribution in [0.2, 0.25) is 0 Å². The number of thioether (sulfide) groups is 2. The minimum atomic E-state index is -0.506. The van der Waals surface area contributed by atoms with Crippen LogP contribution in [0.25, 0.3) is 0 Å². The molecule has 0 saturated heterocycles. The monoisotopic (exact) mass is 652 g/mol. The number of aryl methyl sites for hydroxylation is 1. The third kappa shape index (κ3) is 13.9. The Balaban J connectivity index is 1.39. The van der Waals surface area contributed by atoms with E-state index in [2.05, 4.69) is 13.2 Å². The van der Waals surface area contributed by atoms with Crippen LogP contribution in [0.5, 0.6) is 23.0 Å². The molecule has 0 atom stereocenters. The first kappa shape index (κ1) is 35.8. The van der Waals surface area contributed by atoms with Crippen LogP contribution in [0.3, 0.4) is 0 Å². The molecule has 3 rings (SSSR count). The van der Waals surface area contributed by atoms with E-state index in [1.807, 2.05) is 0 Å². The van der Waals surface area contributed by atoms with Crippen LogP contribution in [0.15, 0.2) is 90.7 Å². The number of benzene rings is 3. The van der Waals surface area contributed by atoms with Crippen LogP contribution in [0.1, 0.15) is 39.1 Å². The van der Waals surface area contributed by atoms with Crippen LogP contribution in [0, 0.1) is 6.92 Å². The van der Waals surface area contributed by atoms with Crippen molar-refractivity contribution in [2.75, 3.05) is 51.1 Å². The molecule has 0 heterocycles. The van der Waals surface area contributed by atoms with Gasteiger partial charge in [0.05, 0.1) is 37.6 Å². The van der Waals surface area contributed by atoms with E-state index in [-0.39, 0.29) is 0 Å². The average Bonchev–Trinajstić information content (AvgIpc) is 3.05. The van der Waals surface area contributed by atoms with Crippen molar-refractivity contribution in [2.45, 2.75) is 19.8 Å². The van der Waals surface area contributed by atoms with Gasteiger partial charge in [-0.3, -0.25) is 0 Å². The number of hydrogen-bond donors (Lipinski definition) is 0. The summed E-state index contributed by atoms with van der Waals surface area (Å²) in [7, 11) is 0. The number of rotatable bonds is 22. The summed E-state index contributed by atoms with van der Waals surface area (Å²) in [4.78, 5) is 25.4. The first-order valence-corrected chi connectivity index (χ1v) is 16.7. The Morgan fingerprint density at radius 2 is 1.09 bits per heavy atom. The van der Waals surface area contributed by atoms with Crippen molar-refractivity contribution in [1.29, 1.82) is 0 Å². The minimum Gasteiger partial charge on any atom is -0.494 e. The summed E-state index contributed by atoms with van der Waals surface area (Å²) in [6, 6.07) is 18.4. The molecule has 0 radical (unpaired) electrons. The third-order valence-corrected chi connectivity index (χ3v) is 7.35. The summed E-state index contributed by atoms with van der Waals surface area (Å²) in [5, 5.41) is 3.60. The van der Waals surface area contributed by atoms with E-state index in [0.717, 1.165) is 24.3 Å². The maximum Gasteiger partial charge on any atom is 0.343 e. The second-order valence-electron chi connectivity index (χ2n) is 9.46. The molecule has 3 aromatic rings. The summed E-state index contributed by atoms with van der Waals surface area (Å²) >= 11 is 3.25. The molecule has 0 spiro atoms. The molecule has 0 aliphatic heterocycles. The van der Waals surface area contributed by atoms with E-state index in [0.29, 0.717) is 79.3 Å². The summed E-state index contributed by atoms with van der Waals surface area (Å²) in [6.45, 7) is 12.7. The first-order chi connectivity index (χ1) is 22.0. The highest BCUT2D eigenvalue weighted by atomic mass is 32.2. The Kier molecular flexibility index (Phi) is 16.8. The van der Waals surface area contributed by atoms with Gasteiger partial charge in [-0.2, -0.15) is 0 Å². The lowest BCUT2D eigenvalue weighted by molar-refractivity contribution is 0.0718. The zero-order chi connectivity index (χ0) is 32.1. The molecule has 0 bridgehead atoms. The molecule has 0 aromatic heterocycles. The van der Waals surface area contributed by atoms with E-state index < -0.39 is 11.9 Å². The molecule has 0 N–H and O–H groups in total. The lowest BCUT2D eigenvalue weighted by atomic mass is 10.2. The van der Waals surface area contributed by atoms with Gasteiger partial charge in [0.1, 0.15) is 23.0 Å². The molecule has 0 aliphatic rings. The Morgan fingerprint density at radius 3 is 1.56 bits per heavy atom. The molecule has 10 heteroatoms. The number of esters is 2. The molecular weight excluding hydrogens is 613 g/mol.